The van der Waals surface area contributed by atoms with E-state index >= 15 is 0 Å². The van der Waals surface area contributed by atoms with Crippen molar-refractivity contribution in [3.8, 4) is 0 Å². The second-order valence-corrected chi connectivity index (χ2v) is 5.30. The van der Waals surface area contributed by atoms with Gasteiger partial charge in [0.15, 0.2) is 0 Å². The quantitative estimate of drug-likeness (QED) is 0.781. The van der Waals surface area contributed by atoms with Gasteiger partial charge in [-0.1, -0.05) is 6.92 Å². The van der Waals surface area contributed by atoms with Gasteiger partial charge in [0, 0.05) is 25.6 Å². The molecule has 1 saturated carbocycles. The molecule has 0 bridgehead atoms. The molecule has 1 saturated heterocycles. The summed E-state index contributed by atoms with van der Waals surface area (Å²) in [4.78, 5) is 24.2. The topological polar surface area (TPSA) is 69.6 Å². The molecule has 2 atom stereocenters. The van der Waals surface area contributed by atoms with Gasteiger partial charge in [-0.2, -0.15) is 0 Å². The Kier molecular flexibility index (Phi) is 3.54. The van der Waals surface area contributed by atoms with E-state index in [0.29, 0.717) is 25.0 Å². The van der Waals surface area contributed by atoms with Gasteiger partial charge in [0.05, 0.1) is 0 Å². The maximum absolute atomic E-state index is 11.8. The largest absolute Gasteiger partial charge is 0.481 e. The third-order valence-corrected chi connectivity index (χ3v) is 3.78. The first-order valence-electron chi connectivity index (χ1n) is 6.33. The smallest absolute Gasteiger partial charge is 0.317 e. The Balaban J connectivity index is 1.70. The first-order valence-corrected chi connectivity index (χ1v) is 6.33. The summed E-state index contributed by atoms with van der Waals surface area (Å²) in [5, 5.41) is 11.7. The molecule has 0 aromatic rings. The SMILES string of the molecule is CC1CC1NC(=O)N1CCC(CC(=O)O)CC1. The molecule has 1 aliphatic carbocycles. The van der Waals surface area contributed by atoms with Crippen molar-refractivity contribution in [1.29, 1.82) is 0 Å². The molecule has 17 heavy (non-hydrogen) atoms. The normalized spacial score (nSPS) is 28.9. The summed E-state index contributed by atoms with van der Waals surface area (Å²) in [6, 6.07) is 0.382. The van der Waals surface area contributed by atoms with Crippen LogP contribution in [0.3, 0.4) is 0 Å². The molecular weight excluding hydrogens is 220 g/mol. The molecule has 0 radical (unpaired) electrons. The Bertz CT molecular complexity index is 311. The number of amides is 2. The highest BCUT2D eigenvalue weighted by Gasteiger charge is 2.35. The average molecular weight is 240 g/mol. The van der Waals surface area contributed by atoms with E-state index in [4.69, 9.17) is 5.11 Å². The number of urea groups is 1. The first kappa shape index (κ1) is 12.2. The predicted molar refractivity (Wildman–Crippen MR) is 62.7 cm³/mol. The Hall–Kier alpha value is -1.26. The van der Waals surface area contributed by atoms with Crippen LogP contribution in [0.1, 0.15) is 32.6 Å². The minimum atomic E-state index is -0.736. The van der Waals surface area contributed by atoms with Crippen LogP contribution in [0.4, 0.5) is 4.79 Å². The number of hydrogen-bond acceptors (Lipinski definition) is 2. The summed E-state index contributed by atoms with van der Waals surface area (Å²) in [6.07, 6.45) is 2.93. The van der Waals surface area contributed by atoms with Gasteiger partial charge in [-0.15, -0.1) is 0 Å². The highest BCUT2D eigenvalue weighted by Crippen LogP contribution is 2.29. The van der Waals surface area contributed by atoms with Crippen LogP contribution < -0.4 is 5.32 Å². The number of nitrogens with one attached hydrogen (secondary N) is 1. The number of likely N-dealkylation sites (tertiary alicyclic amines) is 1. The summed E-state index contributed by atoms with van der Waals surface area (Å²) in [5.41, 5.74) is 0. The Morgan fingerprint density at radius 2 is 1.94 bits per heavy atom. The lowest BCUT2D eigenvalue weighted by Gasteiger charge is -2.31. The van der Waals surface area contributed by atoms with E-state index in [1.807, 2.05) is 4.90 Å². The lowest BCUT2D eigenvalue weighted by molar-refractivity contribution is -0.138. The summed E-state index contributed by atoms with van der Waals surface area (Å²) in [6.45, 7) is 3.50. The van der Waals surface area contributed by atoms with Gasteiger partial charge in [-0.3, -0.25) is 4.79 Å². The van der Waals surface area contributed by atoms with E-state index in [2.05, 4.69) is 12.2 Å². The van der Waals surface area contributed by atoms with Crippen molar-refractivity contribution in [1.82, 2.24) is 10.2 Å². The van der Waals surface area contributed by atoms with Gasteiger partial charge < -0.3 is 15.3 Å². The highest BCUT2D eigenvalue weighted by molar-refractivity contribution is 5.75. The fourth-order valence-electron chi connectivity index (χ4n) is 2.36. The van der Waals surface area contributed by atoms with Crippen molar-refractivity contribution in [3.05, 3.63) is 0 Å². The Morgan fingerprint density at radius 1 is 1.35 bits per heavy atom. The maximum Gasteiger partial charge on any atom is 0.317 e. The number of carbonyl (C=O) groups excluding carboxylic acids is 1. The van der Waals surface area contributed by atoms with Gasteiger partial charge in [-0.05, 0) is 31.1 Å². The predicted octanol–water partition coefficient (Wildman–Crippen LogP) is 1.29. The van der Waals surface area contributed by atoms with Crippen molar-refractivity contribution in [2.45, 2.75) is 38.6 Å². The van der Waals surface area contributed by atoms with Gasteiger partial charge in [0.2, 0.25) is 0 Å². The number of carbonyl (C=O) groups is 2. The van der Waals surface area contributed by atoms with Crippen LogP contribution in [0.25, 0.3) is 0 Å². The third kappa shape index (κ3) is 3.35. The minimum absolute atomic E-state index is 0.0214. The zero-order chi connectivity index (χ0) is 12.4. The van der Waals surface area contributed by atoms with Crippen LogP contribution in [-0.2, 0) is 4.79 Å². The van der Waals surface area contributed by atoms with E-state index < -0.39 is 5.97 Å². The minimum Gasteiger partial charge on any atom is -0.481 e. The molecule has 2 rings (SSSR count). The van der Waals surface area contributed by atoms with E-state index in [1.54, 1.807) is 0 Å². The van der Waals surface area contributed by atoms with Crippen LogP contribution in [0.5, 0.6) is 0 Å². The molecule has 5 heteroatoms. The van der Waals surface area contributed by atoms with Crippen LogP contribution in [0.15, 0.2) is 0 Å². The van der Waals surface area contributed by atoms with Crippen LogP contribution in [0, 0.1) is 11.8 Å². The first-order chi connectivity index (χ1) is 8.06. The summed E-state index contributed by atoms with van der Waals surface area (Å²) >= 11 is 0. The lowest BCUT2D eigenvalue weighted by Crippen LogP contribution is -2.45. The van der Waals surface area contributed by atoms with Gasteiger partial charge >= 0.3 is 12.0 Å². The number of aliphatic carboxylic acids is 1. The number of piperidine rings is 1. The van der Waals surface area contributed by atoms with E-state index in [9.17, 15) is 9.59 Å². The zero-order valence-corrected chi connectivity index (χ0v) is 10.2. The molecule has 0 aromatic carbocycles. The average Bonchev–Trinajstić information content (AvgIpc) is 2.94. The van der Waals surface area contributed by atoms with E-state index in [-0.39, 0.29) is 18.4 Å². The molecule has 2 fully saturated rings. The third-order valence-electron chi connectivity index (χ3n) is 3.78. The standard InChI is InChI=1S/C12H20N2O3/c1-8-6-10(8)13-12(17)14-4-2-9(3-5-14)7-11(15)16/h8-10H,2-7H2,1H3,(H,13,17)(H,15,16). The molecule has 1 aliphatic heterocycles. The van der Waals surface area contributed by atoms with Crippen molar-refractivity contribution < 1.29 is 14.7 Å². The highest BCUT2D eigenvalue weighted by atomic mass is 16.4. The molecule has 2 N–H and O–H groups in total. The fraction of sp³-hybridized carbons (Fsp3) is 0.833. The molecule has 0 spiro atoms. The van der Waals surface area contributed by atoms with Crippen molar-refractivity contribution in [2.75, 3.05) is 13.1 Å². The Labute approximate surface area is 101 Å². The molecule has 2 amide bonds. The molecule has 2 aliphatic rings. The van der Waals surface area contributed by atoms with Crippen LogP contribution in [-0.4, -0.2) is 41.1 Å². The number of carboxylic acid groups (broad SMARTS) is 1. The zero-order valence-electron chi connectivity index (χ0n) is 10.2. The second-order valence-electron chi connectivity index (χ2n) is 5.30. The molecule has 96 valence electrons. The lowest BCUT2D eigenvalue weighted by atomic mass is 9.94. The molecule has 1 heterocycles. The molecular formula is C12H20N2O3. The number of carboxylic acids is 1. The van der Waals surface area contributed by atoms with Gasteiger partial charge in [-0.25, -0.2) is 4.79 Å². The summed E-state index contributed by atoms with van der Waals surface area (Å²) in [7, 11) is 0. The van der Waals surface area contributed by atoms with Crippen molar-refractivity contribution >= 4 is 12.0 Å². The summed E-state index contributed by atoms with van der Waals surface area (Å²) < 4.78 is 0. The maximum atomic E-state index is 11.8. The van der Waals surface area contributed by atoms with E-state index in [1.165, 1.54) is 0 Å². The second kappa shape index (κ2) is 4.94. The van der Waals surface area contributed by atoms with Gasteiger partial charge in [0.25, 0.3) is 0 Å². The molecule has 0 aromatic heterocycles. The van der Waals surface area contributed by atoms with E-state index in [0.717, 1.165) is 19.3 Å². The van der Waals surface area contributed by atoms with Gasteiger partial charge in [0.1, 0.15) is 0 Å². The number of rotatable bonds is 3. The van der Waals surface area contributed by atoms with Crippen LogP contribution in [0.2, 0.25) is 0 Å². The fourth-order valence-corrected chi connectivity index (χ4v) is 2.36. The summed E-state index contributed by atoms with van der Waals surface area (Å²) in [5.74, 6) is 0.111. The number of hydrogen-bond donors (Lipinski definition) is 2. The molecule has 2 unspecified atom stereocenters. The van der Waals surface area contributed by atoms with Crippen LogP contribution >= 0.6 is 0 Å². The number of nitrogens with zero attached hydrogens (tertiary/aromatic N) is 1. The Morgan fingerprint density at radius 3 is 2.41 bits per heavy atom. The molecule has 5 nitrogen and oxygen atoms in total. The monoisotopic (exact) mass is 240 g/mol. The van der Waals surface area contributed by atoms with Crippen molar-refractivity contribution in [2.24, 2.45) is 11.8 Å². The van der Waals surface area contributed by atoms with Crippen molar-refractivity contribution in [3.63, 3.8) is 0 Å².